The molecule has 0 spiro atoms. The van der Waals surface area contributed by atoms with E-state index in [2.05, 4.69) is 15.1 Å². The number of para-hydroxylation sites is 1. The van der Waals surface area contributed by atoms with E-state index in [4.69, 9.17) is 0 Å². The zero-order valence-electron chi connectivity index (χ0n) is 14.0. The summed E-state index contributed by atoms with van der Waals surface area (Å²) in [6.45, 7) is 4.76. The monoisotopic (exact) mass is 359 g/mol. The van der Waals surface area contributed by atoms with Crippen molar-refractivity contribution in [3.63, 3.8) is 0 Å². The number of benzene rings is 1. The van der Waals surface area contributed by atoms with Gasteiger partial charge in [0.2, 0.25) is 5.91 Å². The first-order valence-electron chi connectivity index (χ1n) is 8.42. The van der Waals surface area contributed by atoms with Gasteiger partial charge in [0, 0.05) is 45.3 Å². The lowest BCUT2D eigenvalue weighted by Gasteiger charge is -2.36. The maximum atomic E-state index is 13.8. The van der Waals surface area contributed by atoms with Gasteiger partial charge in [-0.1, -0.05) is 12.1 Å². The van der Waals surface area contributed by atoms with Crippen LogP contribution in [0.1, 0.15) is 5.56 Å². The van der Waals surface area contributed by atoms with Crippen molar-refractivity contribution < 1.29 is 9.18 Å². The predicted octanol–water partition coefficient (Wildman–Crippen LogP) is 2.84. The van der Waals surface area contributed by atoms with E-state index in [1.54, 1.807) is 23.5 Å². The van der Waals surface area contributed by atoms with Gasteiger partial charge in [-0.2, -0.15) is 11.3 Å². The van der Waals surface area contributed by atoms with Gasteiger partial charge >= 0.3 is 0 Å². The highest BCUT2D eigenvalue weighted by atomic mass is 32.1. The molecule has 132 valence electrons. The van der Waals surface area contributed by atoms with Crippen molar-refractivity contribution in [1.82, 2.24) is 10.2 Å². The van der Waals surface area contributed by atoms with Gasteiger partial charge in [0.25, 0.3) is 0 Å². The average Bonchev–Trinajstić information content (AvgIpc) is 3.15. The fourth-order valence-electron chi connectivity index (χ4n) is 2.86. The van der Waals surface area contributed by atoms with E-state index >= 15 is 0 Å². The zero-order valence-corrected chi connectivity index (χ0v) is 14.8. The molecule has 0 radical (unpaired) electrons. The van der Waals surface area contributed by atoms with Crippen LogP contribution in [0.25, 0.3) is 6.08 Å². The van der Waals surface area contributed by atoms with Gasteiger partial charge in [-0.15, -0.1) is 0 Å². The van der Waals surface area contributed by atoms with Crippen LogP contribution in [0.15, 0.2) is 47.2 Å². The predicted molar refractivity (Wildman–Crippen MR) is 101 cm³/mol. The number of halogens is 1. The van der Waals surface area contributed by atoms with Gasteiger partial charge in [0.1, 0.15) is 5.82 Å². The van der Waals surface area contributed by atoms with Gasteiger partial charge in [0.05, 0.1) is 5.69 Å². The van der Waals surface area contributed by atoms with Crippen molar-refractivity contribution >= 4 is 29.0 Å². The number of carbonyl (C=O) groups is 1. The SMILES string of the molecule is O=C(/C=C/c1ccsc1)NCCN1CCN(c2ccccc2F)CC1. The van der Waals surface area contributed by atoms with Crippen molar-refractivity contribution in [2.45, 2.75) is 0 Å². The number of carbonyl (C=O) groups excluding carboxylic acids is 1. The van der Waals surface area contributed by atoms with Crippen LogP contribution < -0.4 is 10.2 Å². The minimum absolute atomic E-state index is 0.0730. The normalized spacial score (nSPS) is 15.6. The summed E-state index contributed by atoms with van der Waals surface area (Å²) in [5.41, 5.74) is 1.72. The van der Waals surface area contributed by atoms with Crippen LogP contribution in [0.2, 0.25) is 0 Å². The van der Waals surface area contributed by atoms with Gasteiger partial charge in [-0.25, -0.2) is 4.39 Å². The molecule has 1 amide bonds. The Labute approximate surface area is 151 Å². The maximum Gasteiger partial charge on any atom is 0.244 e. The second-order valence-electron chi connectivity index (χ2n) is 5.96. The molecule has 0 atom stereocenters. The van der Waals surface area contributed by atoms with Crippen molar-refractivity contribution in [3.05, 3.63) is 58.5 Å². The number of hydrogen-bond donors (Lipinski definition) is 1. The molecule has 3 rings (SSSR count). The molecule has 1 aromatic carbocycles. The lowest BCUT2D eigenvalue weighted by Crippen LogP contribution is -2.48. The zero-order chi connectivity index (χ0) is 17.5. The van der Waals surface area contributed by atoms with E-state index in [1.807, 2.05) is 35.0 Å². The number of thiophene rings is 1. The van der Waals surface area contributed by atoms with Crippen molar-refractivity contribution in [2.24, 2.45) is 0 Å². The van der Waals surface area contributed by atoms with Crippen LogP contribution in [0.3, 0.4) is 0 Å². The number of nitrogens with one attached hydrogen (secondary N) is 1. The lowest BCUT2D eigenvalue weighted by atomic mass is 10.2. The number of amides is 1. The first kappa shape index (κ1) is 17.6. The Morgan fingerprint density at radius 2 is 2.00 bits per heavy atom. The Bertz CT molecular complexity index is 709. The summed E-state index contributed by atoms with van der Waals surface area (Å²) in [4.78, 5) is 16.2. The van der Waals surface area contributed by atoms with Gasteiger partial charge in [0.15, 0.2) is 0 Å². The molecule has 1 aromatic heterocycles. The van der Waals surface area contributed by atoms with E-state index in [9.17, 15) is 9.18 Å². The summed E-state index contributed by atoms with van der Waals surface area (Å²) < 4.78 is 13.8. The molecular formula is C19H22FN3OS. The summed E-state index contributed by atoms with van der Waals surface area (Å²) in [7, 11) is 0. The molecule has 0 saturated carbocycles. The maximum absolute atomic E-state index is 13.8. The van der Waals surface area contributed by atoms with Crippen molar-refractivity contribution in [1.29, 1.82) is 0 Å². The molecule has 1 aliphatic heterocycles. The molecule has 0 aliphatic carbocycles. The topological polar surface area (TPSA) is 35.6 Å². The van der Waals surface area contributed by atoms with Crippen LogP contribution in [0.5, 0.6) is 0 Å². The first-order valence-corrected chi connectivity index (χ1v) is 9.36. The van der Waals surface area contributed by atoms with E-state index < -0.39 is 0 Å². The Morgan fingerprint density at radius 1 is 1.20 bits per heavy atom. The van der Waals surface area contributed by atoms with Crippen LogP contribution in [0, 0.1) is 5.82 Å². The molecule has 4 nitrogen and oxygen atoms in total. The number of piperazine rings is 1. The van der Waals surface area contributed by atoms with Crippen LogP contribution in [0.4, 0.5) is 10.1 Å². The first-order chi connectivity index (χ1) is 12.2. The third-order valence-electron chi connectivity index (χ3n) is 4.26. The highest BCUT2D eigenvalue weighted by Gasteiger charge is 2.18. The Hall–Kier alpha value is -2.18. The van der Waals surface area contributed by atoms with Crippen molar-refractivity contribution in [3.8, 4) is 0 Å². The highest BCUT2D eigenvalue weighted by Crippen LogP contribution is 2.19. The van der Waals surface area contributed by atoms with Gasteiger partial charge in [-0.05, 0) is 40.6 Å². The van der Waals surface area contributed by atoms with Crippen LogP contribution >= 0.6 is 11.3 Å². The number of hydrogen-bond acceptors (Lipinski definition) is 4. The third kappa shape index (κ3) is 5.14. The van der Waals surface area contributed by atoms with Gasteiger partial charge in [-0.3, -0.25) is 9.69 Å². The molecule has 2 aromatic rings. The minimum Gasteiger partial charge on any atom is -0.367 e. The largest absolute Gasteiger partial charge is 0.367 e. The Morgan fingerprint density at radius 3 is 2.72 bits per heavy atom. The molecular weight excluding hydrogens is 337 g/mol. The molecule has 25 heavy (non-hydrogen) atoms. The average molecular weight is 359 g/mol. The standard InChI is InChI=1S/C19H22FN3OS/c20-17-3-1-2-4-18(17)23-12-10-22(11-13-23)9-8-21-19(24)6-5-16-7-14-25-15-16/h1-7,14-15H,8-13H2,(H,21,24)/b6-5+. The van der Waals surface area contributed by atoms with Crippen LogP contribution in [-0.2, 0) is 4.79 Å². The van der Waals surface area contributed by atoms with E-state index in [0.29, 0.717) is 12.2 Å². The summed E-state index contributed by atoms with van der Waals surface area (Å²) in [6.07, 6.45) is 3.39. The summed E-state index contributed by atoms with van der Waals surface area (Å²) in [5, 5.41) is 6.89. The quantitative estimate of drug-likeness (QED) is 0.806. The van der Waals surface area contributed by atoms with Crippen molar-refractivity contribution in [2.75, 3.05) is 44.2 Å². The van der Waals surface area contributed by atoms with Crippen LogP contribution in [-0.4, -0.2) is 50.1 Å². The smallest absolute Gasteiger partial charge is 0.244 e. The highest BCUT2D eigenvalue weighted by molar-refractivity contribution is 7.08. The second-order valence-corrected chi connectivity index (χ2v) is 6.74. The third-order valence-corrected chi connectivity index (χ3v) is 4.96. The Kier molecular flexibility index (Phi) is 6.19. The molecule has 1 saturated heterocycles. The molecule has 1 aliphatic rings. The molecule has 1 N–H and O–H groups in total. The summed E-state index contributed by atoms with van der Waals surface area (Å²) in [5.74, 6) is -0.239. The fourth-order valence-corrected chi connectivity index (χ4v) is 3.49. The van der Waals surface area contributed by atoms with E-state index in [0.717, 1.165) is 38.3 Å². The summed E-state index contributed by atoms with van der Waals surface area (Å²) >= 11 is 1.61. The molecule has 0 bridgehead atoms. The van der Waals surface area contributed by atoms with E-state index in [-0.39, 0.29) is 11.7 Å². The number of rotatable bonds is 6. The molecule has 1 fully saturated rings. The second kappa shape index (κ2) is 8.78. The number of anilines is 1. The van der Waals surface area contributed by atoms with E-state index in [1.165, 1.54) is 6.07 Å². The molecule has 0 unspecified atom stereocenters. The Balaban J connectivity index is 1.37. The fraction of sp³-hybridized carbons (Fsp3) is 0.316. The summed E-state index contributed by atoms with van der Waals surface area (Å²) in [6, 6.07) is 8.88. The number of nitrogens with zero attached hydrogens (tertiary/aromatic N) is 2. The molecule has 6 heteroatoms. The molecule has 2 heterocycles. The lowest BCUT2D eigenvalue weighted by molar-refractivity contribution is -0.116. The minimum atomic E-state index is -0.166. The van der Waals surface area contributed by atoms with Gasteiger partial charge < -0.3 is 10.2 Å².